The summed E-state index contributed by atoms with van der Waals surface area (Å²) < 4.78 is 0. The molecule has 0 aliphatic carbocycles. The van der Waals surface area contributed by atoms with Crippen LogP contribution in [0.1, 0.15) is 17.2 Å². The van der Waals surface area contributed by atoms with E-state index in [9.17, 15) is 5.11 Å². The fourth-order valence-electron chi connectivity index (χ4n) is 1.91. The molecule has 3 aromatic rings. The van der Waals surface area contributed by atoms with E-state index in [1.807, 2.05) is 6.92 Å². The van der Waals surface area contributed by atoms with E-state index in [1.54, 1.807) is 18.7 Å². The molecule has 8 heteroatoms. The quantitative estimate of drug-likeness (QED) is 0.635. The third kappa shape index (κ3) is 2.28. The number of fused-ring (bicyclic) bond motifs is 1. The van der Waals surface area contributed by atoms with Crippen LogP contribution in [0.3, 0.4) is 0 Å². The molecule has 0 unspecified atom stereocenters. The molecular weight excluding hydrogens is 258 g/mol. The monoisotopic (exact) mass is 271 g/mol. The fraction of sp³-hybridized carbons (Fsp3) is 0.250. The summed E-state index contributed by atoms with van der Waals surface area (Å²) in [6.45, 7) is 2.07. The minimum atomic E-state index is -0.147. The van der Waals surface area contributed by atoms with E-state index < -0.39 is 0 Å². The second kappa shape index (κ2) is 5.17. The highest BCUT2D eigenvalue weighted by molar-refractivity contribution is 5.82. The van der Waals surface area contributed by atoms with Gasteiger partial charge in [0, 0.05) is 12.4 Å². The number of aliphatic hydroxyl groups excluding tert-OH is 1. The summed E-state index contributed by atoms with van der Waals surface area (Å²) in [6.07, 6.45) is 4.72. The minimum Gasteiger partial charge on any atom is -0.390 e. The summed E-state index contributed by atoms with van der Waals surface area (Å²) in [6, 6.07) is 0. The minimum absolute atomic E-state index is 0.147. The summed E-state index contributed by atoms with van der Waals surface area (Å²) in [5, 5.41) is 12.4. The van der Waals surface area contributed by atoms with Gasteiger partial charge in [-0.1, -0.05) is 0 Å². The van der Waals surface area contributed by atoms with Gasteiger partial charge in [-0.3, -0.25) is 9.97 Å². The first-order chi connectivity index (χ1) is 9.78. The largest absolute Gasteiger partial charge is 0.390 e. The number of aryl methyl sites for hydroxylation is 1. The lowest BCUT2D eigenvalue weighted by Gasteiger charge is -2.08. The number of anilines is 1. The molecule has 8 nitrogen and oxygen atoms in total. The maximum Gasteiger partial charge on any atom is 0.163 e. The summed E-state index contributed by atoms with van der Waals surface area (Å²) >= 11 is 0. The third-order valence-corrected chi connectivity index (χ3v) is 2.82. The van der Waals surface area contributed by atoms with Crippen LogP contribution in [-0.2, 0) is 13.2 Å². The summed E-state index contributed by atoms with van der Waals surface area (Å²) in [7, 11) is 0. The van der Waals surface area contributed by atoms with E-state index in [-0.39, 0.29) is 6.61 Å². The van der Waals surface area contributed by atoms with Gasteiger partial charge in [-0.05, 0) is 6.92 Å². The molecule has 0 fully saturated rings. The molecule has 3 rings (SSSR count). The zero-order chi connectivity index (χ0) is 13.9. The molecule has 3 aromatic heterocycles. The van der Waals surface area contributed by atoms with Gasteiger partial charge < -0.3 is 15.4 Å². The number of hydrogen-bond acceptors (Lipinski definition) is 7. The van der Waals surface area contributed by atoms with Crippen molar-refractivity contribution in [3.63, 3.8) is 0 Å². The summed E-state index contributed by atoms with van der Waals surface area (Å²) in [5.74, 6) is 1.27. The van der Waals surface area contributed by atoms with E-state index >= 15 is 0 Å². The molecule has 0 aromatic carbocycles. The number of hydrogen-bond donors (Lipinski definition) is 3. The van der Waals surface area contributed by atoms with Crippen molar-refractivity contribution in [1.29, 1.82) is 0 Å². The Hall–Kier alpha value is -2.61. The molecule has 0 saturated carbocycles. The van der Waals surface area contributed by atoms with Crippen molar-refractivity contribution < 1.29 is 5.11 Å². The molecule has 0 amide bonds. The number of nitrogens with one attached hydrogen (secondary N) is 2. The Labute approximate surface area is 114 Å². The molecule has 3 heterocycles. The van der Waals surface area contributed by atoms with Crippen LogP contribution in [0.15, 0.2) is 18.7 Å². The molecule has 102 valence electrons. The van der Waals surface area contributed by atoms with Gasteiger partial charge in [0.15, 0.2) is 11.5 Å². The van der Waals surface area contributed by atoms with Gasteiger partial charge in [-0.15, -0.1) is 0 Å². The van der Waals surface area contributed by atoms with Crippen LogP contribution in [0.4, 0.5) is 5.82 Å². The predicted molar refractivity (Wildman–Crippen MR) is 71.7 cm³/mol. The Morgan fingerprint density at radius 1 is 1.15 bits per heavy atom. The maximum absolute atomic E-state index is 9.23. The van der Waals surface area contributed by atoms with Gasteiger partial charge in [0.05, 0.1) is 30.9 Å². The van der Waals surface area contributed by atoms with E-state index in [1.165, 1.54) is 0 Å². The number of aromatic amines is 1. The zero-order valence-corrected chi connectivity index (χ0v) is 10.8. The lowest BCUT2D eigenvalue weighted by Crippen LogP contribution is -2.09. The van der Waals surface area contributed by atoms with Gasteiger partial charge in [0.2, 0.25) is 0 Å². The molecule has 0 spiro atoms. The third-order valence-electron chi connectivity index (χ3n) is 2.82. The number of aliphatic hydroxyl groups is 1. The summed E-state index contributed by atoms with van der Waals surface area (Å²) in [4.78, 5) is 24.0. The molecule has 0 atom stereocenters. The molecule has 0 saturated heterocycles. The van der Waals surface area contributed by atoms with Gasteiger partial charge >= 0.3 is 0 Å². The average Bonchev–Trinajstić information content (AvgIpc) is 2.93. The van der Waals surface area contributed by atoms with Gasteiger partial charge in [-0.2, -0.15) is 0 Å². The van der Waals surface area contributed by atoms with Crippen molar-refractivity contribution in [3.8, 4) is 0 Å². The normalized spacial score (nSPS) is 10.9. The van der Waals surface area contributed by atoms with Crippen molar-refractivity contribution in [2.75, 3.05) is 5.32 Å². The number of aromatic nitrogens is 6. The first kappa shape index (κ1) is 12.4. The standard InChI is InChI=1S/C12H13N7O/c1-7-18-11(10-12(19-7)17-6-16-10)15-4-8-9(5-20)14-3-2-13-8/h2-3,6,20H,4-5H2,1H3,(H2,15,16,17,18,19). The molecule has 0 aliphatic rings. The molecule has 0 bridgehead atoms. The highest BCUT2D eigenvalue weighted by Gasteiger charge is 2.09. The molecular formula is C12H13N7O. The van der Waals surface area contributed by atoms with Crippen molar-refractivity contribution in [2.45, 2.75) is 20.1 Å². The molecule has 0 radical (unpaired) electrons. The number of H-pyrrole nitrogens is 1. The predicted octanol–water partition coefficient (Wildman–Crippen LogP) is 0.556. The van der Waals surface area contributed by atoms with Crippen molar-refractivity contribution in [3.05, 3.63) is 35.9 Å². The SMILES string of the molecule is Cc1nc(NCc2nccnc2CO)c2nc[nH]c2n1. The molecule has 0 aliphatic heterocycles. The van der Waals surface area contributed by atoms with Crippen LogP contribution < -0.4 is 5.32 Å². The Bertz CT molecular complexity index is 740. The van der Waals surface area contributed by atoms with Crippen LogP contribution in [-0.4, -0.2) is 35.0 Å². The van der Waals surface area contributed by atoms with Crippen LogP contribution in [0, 0.1) is 6.92 Å². The Kier molecular flexibility index (Phi) is 3.21. The summed E-state index contributed by atoms with van der Waals surface area (Å²) in [5.41, 5.74) is 2.57. The highest BCUT2D eigenvalue weighted by atomic mass is 16.3. The van der Waals surface area contributed by atoms with Crippen molar-refractivity contribution >= 4 is 17.0 Å². The van der Waals surface area contributed by atoms with Gasteiger partial charge in [0.1, 0.15) is 11.3 Å². The average molecular weight is 271 g/mol. The van der Waals surface area contributed by atoms with Gasteiger partial charge in [-0.25, -0.2) is 15.0 Å². The van der Waals surface area contributed by atoms with Gasteiger partial charge in [0.25, 0.3) is 0 Å². The van der Waals surface area contributed by atoms with E-state index in [4.69, 9.17) is 0 Å². The van der Waals surface area contributed by atoms with Crippen molar-refractivity contribution in [1.82, 2.24) is 29.9 Å². The van der Waals surface area contributed by atoms with E-state index in [2.05, 4.69) is 35.2 Å². The lowest BCUT2D eigenvalue weighted by atomic mass is 10.3. The Balaban J connectivity index is 1.88. The number of rotatable bonds is 4. The van der Waals surface area contributed by atoms with Crippen LogP contribution in [0.25, 0.3) is 11.2 Å². The second-order valence-corrected chi connectivity index (χ2v) is 4.18. The Morgan fingerprint density at radius 3 is 2.75 bits per heavy atom. The topological polar surface area (TPSA) is 113 Å². The Morgan fingerprint density at radius 2 is 1.95 bits per heavy atom. The lowest BCUT2D eigenvalue weighted by molar-refractivity contribution is 0.275. The highest BCUT2D eigenvalue weighted by Crippen LogP contribution is 2.17. The first-order valence-electron chi connectivity index (χ1n) is 6.09. The maximum atomic E-state index is 9.23. The smallest absolute Gasteiger partial charge is 0.163 e. The van der Waals surface area contributed by atoms with Crippen molar-refractivity contribution in [2.24, 2.45) is 0 Å². The number of nitrogens with zero attached hydrogens (tertiary/aromatic N) is 5. The number of imidazole rings is 1. The molecule has 20 heavy (non-hydrogen) atoms. The van der Waals surface area contributed by atoms with Crippen LogP contribution >= 0.6 is 0 Å². The van der Waals surface area contributed by atoms with Crippen LogP contribution in [0.2, 0.25) is 0 Å². The van der Waals surface area contributed by atoms with E-state index in [0.717, 1.165) is 0 Å². The second-order valence-electron chi connectivity index (χ2n) is 4.18. The zero-order valence-electron chi connectivity index (χ0n) is 10.8. The molecule has 3 N–H and O–H groups in total. The van der Waals surface area contributed by atoms with Crippen LogP contribution in [0.5, 0.6) is 0 Å². The first-order valence-corrected chi connectivity index (χ1v) is 6.09. The van der Waals surface area contributed by atoms with E-state index in [0.29, 0.717) is 40.7 Å². The fourth-order valence-corrected chi connectivity index (χ4v) is 1.91.